The van der Waals surface area contributed by atoms with Crippen molar-refractivity contribution in [3.63, 3.8) is 0 Å². The van der Waals surface area contributed by atoms with E-state index in [1.165, 1.54) is 0 Å². The highest BCUT2D eigenvalue weighted by molar-refractivity contribution is 6.62. The summed E-state index contributed by atoms with van der Waals surface area (Å²) in [7, 11) is -0.454. The van der Waals surface area contributed by atoms with Gasteiger partial charge in [-0.3, -0.25) is 9.58 Å². The standard InChI is InChI=1S/C18H30BN3O4/c1-16(2,3)24-15(23)21-10-8-9-14(21)22-12-13(11-20-22)19-25-17(4,5)18(6,7)26-19/h11-12,14H,8-10H2,1-7H3. The highest BCUT2D eigenvalue weighted by Gasteiger charge is 2.52. The molecule has 0 N–H and O–H groups in total. The predicted molar refractivity (Wildman–Crippen MR) is 99.2 cm³/mol. The molecule has 0 aromatic carbocycles. The van der Waals surface area contributed by atoms with Crippen LogP contribution in [-0.4, -0.2) is 51.2 Å². The Bertz CT molecular complexity index is 664. The quantitative estimate of drug-likeness (QED) is 0.756. The zero-order valence-electron chi connectivity index (χ0n) is 16.9. The third-order valence-corrected chi connectivity index (χ3v) is 5.30. The topological polar surface area (TPSA) is 65.8 Å². The summed E-state index contributed by atoms with van der Waals surface area (Å²) < 4.78 is 19.5. The summed E-state index contributed by atoms with van der Waals surface area (Å²) in [5.74, 6) is 0. The Labute approximate surface area is 156 Å². The number of hydrogen-bond donors (Lipinski definition) is 0. The van der Waals surface area contributed by atoms with E-state index in [9.17, 15) is 4.79 Å². The maximum absolute atomic E-state index is 12.5. The van der Waals surface area contributed by atoms with Crippen LogP contribution in [0.15, 0.2) is 12.4 Å². The Hall–Kier alpha value is -1.54. The lowest BCUT2D eigenvalue weighted by Gasteiger charge is -2.32. The second-order valence-electron chi connectivity index (χ2n) is 9.14. The van der Waals surface area contributed by atoms with Crippen molar-refractivity contribution in [2.24, 2.45) is 0 Å². The van der Waals surface area contributed by atoms with Gasteiger partial charge in [-0.25, -0.2) is 4.79 Å². The summed E-state index contributed by atoms with van der Waals surface area (Å²) in [4.78, 5) is 14.2. The van der Waals surface area contributed by atoms with E-state index in [2.05, 4.69) is 5.10 Å². The fourth-order valence-corrected chi connectivity index (χ4v) is 3.17. The second-order valence-corrected chi connectivity index (χ2v) is 9.14. The van der Waals surface area contributed by atoms with Gasteiger partial charge in [0, 0.05) is 24.4 Å². The molecule has 0 spiro atoms. The number of carbonyl (C=O) groups is 1. The zero-order chi connectivity index (χ0) is 19.3. The van der Waals surface area contributed by atoms with Crippen LogP contribution in [0.25, 0.3) is 0 Å². The van der Waals surface area contributed by atoms with E-state index >= 15 is 0 Å². The Morgan fingerprint density at radius 1 is 1.27 bits per heavy atom. The molecule has 0 saturated carbocycles. The lowest BCUT2D eigenvalue weighted by Crippen LogP contribution is -2.41. The summed E-state index contributed by atoms with van der Waals surface area (Å²) in [5.41, 5.74) is -0.437. The molecule has 1 unspecified atom stereocenters. The van der Waals surface area contributed by atoms with Crippen molar-refractivity contribution in [3.05, 3.63) is 12.4 Å². The SMILES string of the molecule is CC(C)(C)OC(=O)N1CCCC1n1cc(B2OC(C)(C)C(C)(C)O2)cn1. The molecule has 8 heteroatoms. The van der Waals surface area contributed by atoms with Gasteiger partial charge >= 0.3 is 13.2 Å². The molecule has 1 atom stereocenters. The first-order valence-electron chi connectivity index (χ1n) is 9.29. The number of likely N-dealkylation sites (tertiary alicyclic amines) is 1. The van der Waals surface area contributed by atoms with Crippen LogP contribution in [0.3, 0.4) is 0 Å². The molecule has 1 aromatic heterocycles. The van der Waals surface area contributed by atoms with Crippen molar-refractivity contribution in [1.29, 1.82) is 0 Å². The summed E-state index contributed by atoms with van der Waals surface area (Å²) in [5, 5.41) is 4.47. The Balaban J connectivity index is 1.74. The molecule has 0 aliphatic carbocycles. The minimum absolute atomic E-state index is 0.138. The largest absolute Gasteiger partial charge is 0.498 e. The molecule has 0 bridgehead atoms. The fraction of sp³-hybridized carbons (Fsp3) is 0.778. The summed E-state index contributed by atoms with van der Waals surface area (Å²) >= 11 is 0. The number of hydrogen-bond acceptors (Lipinski definition) is 5. The van der Waals surface area contributed by atoms with Gasteiger partial charge in [0.1, 0.15) is 11.8 Å². The summed E-state index contributed by atoms with van der Waals surface area (Å²) in [6, 6.07) is 0. The maximum Gasteiger partial charge on any atom is 0.498 e. The molecule has 7 nitrogen and oxygen atoms in total. The van der Waals surface area contributed by atoms with Gasteiger partial charge in [0.2, 0.25) is 0 Å². The number of nitrogens with zero attached hydrogens (tertiary/aromatic N) is 3. The van der Waals surface area contributed by atoms with E-state index in [-0.39, 0.29) is 12.3 Å². The van der Waals surface area contributed by atoms with Gasteiger partial charge in [0.15, 0.2) is 0 Å². The van der Waals surface area contributed by atoms with Crippen LogP contribution in [0.2, 0.25) is 0 Å². The molecule has 144 valence electrons. The normalized spacial score (nSPS) is 25.0. The van der Waals surface area contributed by atoms with E-state index in [0.717, 1.165) is 18.3 Å². The molecule has 3 rings (SSSR count). The number of carbonyl (C=O) groups excluding carboxylic acids is 1. The maximum atomic E-state index is 12.5. The second kappa shape index (κ2) is 6.27. The van der Waals surface area contributed by atoms with E-state index in [4.69, 9.17) is 14.0 Å². The van der Waals surface area contributed by atoms with Crippen molar-refractivity contribution < 1.29 is 18.8 Å². The van der Waals surface area contributed by atoms with E-state index < -0.39 is 23.9 Å². The van der Waals surface area contributed by atoms with E-state index in [0.29, 0.717) is 6.54 Å². The van der Waals surface area contributed by atoms with Crippen LogP contribution in [0, 0.1) is 0 Å². The van der Waals surface area contributed by atoms with Gasteiger partial charge in [0.25, 0.3) is 0 Å². The minimum atomic E-state index is -0.512. The van der Waals surface area contributed by atoms with Crippen molar-refractivity contribution in [1.82, 2.24) is 14.7 Å². The van der Waals surface area contributed by atoms with Crippen LogP contribution >= 0.6 is 0 Å². The molecule has 26 heavy (non-hydrogen) atoms. The van der Waals surface area contributed by atoms with Crippen molar-refractivity contribution in [2.75, 3.05) is 6.54 Å². The highest BCUT2D eigenvalue weighted by Crippen LogP contribution is 2.36. The molecule has 3 heterocycles. The summed E-state index contributed by atoms with van der Waals surface area (Å²) in [6.07, 6.45) is 5.01. The van der Waals surface area contributed by atoms with Gasteiger partial charge in [-0.2, -0.15) is 5.10 Å². The van der Waals surface area contributed by atoms with Crippen molar-refractivity contribution >= 4 is 18.7 Å². The van der Waals surface area contributed by atoms with Gasteiger partial charge in [-0.1, -0.05) is 0 Å². The molecule has 2 aliphatic rings. The smallest absolute Gasteiger partial charge is 0.444 e. The predicted octanol–water partition coefficient (Wildman–Crippen LogP) is 2.71. The van der Waals surface area contributed by atoms with Crippen molar-refractivity contribution in [3.8, 4) is 0 Å². The molecular weight excluding hydrogens is 333 g/mol. The van der Waals surface area contributed by atoms with Crippen molar-refractivity contribution in [2.45, 2.75) is 84.3 Å². The van der Waals surface area contributed by atoms with Crippen LogP contribution in [0.4, 0.5) is 4.79 Å². The van der Waals surface area contributed by atoms with Crippen LogP contribution in [0.5, 0.6) is 0 Å². The molecular formula is C18H30BN3O4. The van der Waals surface area contributed by atoms with Crippen LogP contribution in [0.1, 0.15) is 67.5 Å². The van der Waals surface area contributed by atoms with Crippen LogP contribution < -0.4 is 5.46 Å². The summed E-state index contributed by atoms with van der Waals surface area (Å²) in [6.45, 7) is 14.4. The first kappa shape index (κ1) is 19.2. The first-order valence-corrected chi connectivity index (χ1v) is 9.29. The third kappa shape index (κ3) is 3.62. The lowest BCUT2D eigenvalue weighted by atomic mass is 9.82. The molecule has 2 saturated heterocycles. The average molecular weight is 363 g/mol. The monoisotopic (exact) mass is 363 g/mol. The lowest BCUT2D eigenvalue weighted by molar-refractivity contribution is 0.00578. The number of aromatic nitrogens is 2. The number of amides is 1. The average Bonchev–Trinajstić information content (AvgIpc) is 3.16. The van der Waals surface area contributed by atoms with Crippen LogP contribution in [-0.2, 0) is 14.0 Å². The molecule has 1 aromatic rings. The van der Waals surface area contributed by atoms with Gasteiger partial charge in [-0.15, -0.1) is 0 Å². The van der Waals surface area contributed by atoms with E-state index in [1.54, 1.807) is 11.1 Å². The zero-order valence-corrected chi connectivity index (χ0v) is 16.9. The fourth-order valence-electron chi connectivity index (χ4n) is 3.17. The molecule has 0 radical (unpaired) electrons. The first-order chi connectivity index (χ1) is 11.9. The van der Waals surface area contributed by atoms with Gasteiger partial charge in [-0.05, 0) is 61.3 Å². The number of rotatable bonds is 2. The van der Waals surface area contributed by atoms with Gasteiger partial charge in [0.05, 0.1) is 11.2 Å². The number of ether oxygens (including phenoxy) is 1. The highest BCUT2D eigenvalue weighted by atomic mass is 16.7. The Morgan fingerprint density at radius 2 is 1.88 bits per heavy atom. The molecule has 2 aliphatic heterocycles. The molecule has 2 fully saturated rings. The third-order valence-electron chi connectivity index (χ3n) is 5.30. The Morgan fingerprint density at radius 3 is 2.46 bits per heavy atom. The Kier molecular flexibility index (Phi) is 4.64. The molecule has 1 amide bonds. The van der Waals surface area contributed by atoms with E-state index in [1.807, 2.05) is 59.3 Å². The minimum Gasteiger partial charge on any atom is -0.444 e. The van der Waals surface area contributed by atoms with Gasteiger partial charge < -0.3 is 14.0 Å².